The number of ether oxygens (including phenoxy) is 1. The molecule has 3 rings (SSSR count). The predicted molar refractivity (Wildman–Crippen MR) is 87.0 cm³/mol. The molecule has 21 heavy (non-hydrogen) atoms. The van der Waals surface area contributed by atoms with Gasteiger partial charge in [0.15, 0.2) is 0 Å². The summed E-state index contributed by atoms with van der Waals surface area (Å²) in [6, 6.07) is 16.8. The number of benzene rings is 2. The maximum atomic E-state index is 6.03. The Balaban J connectivity index is 1.59. The fourth-order valence-electron chi connectivity index (χ4n) is 2.86. The Morgan fingerprint density at radius 3 is 2.81 bits per heavy atom. The summed E-state index contributed by atoms with van der Waals surface area (Å²) in [6.07, 6.45) is 2.18. The molecule has 0 aromatic heterocycles. The van der Waals surface area contributed by atoms with Crippen LogP contribution in [0.1, 0.15) is 30.5 Å². The van der Waals surface area contributed by atoms with E-state index in [9.17, 15) is 0 Å². The molecular weight excluding hydrogens is 282 g/mol. The zero-order valence-corrected chi connectivity index (χ0v) is 12.9. The van der Waals surface area contributed by atoms with Crippen molar-refractivity contribution in [1.29, 1.82) is 0 Å². The summed E-state index contributed by atoms with van der Waals surface area (Å²) in [6.45, 7) is 3.05. The summed E-state index contributed by atoms with van der Waals surface area (Å²) >= 11 is 6.03. The molecular formula is C18H20ClNO. The first-order valence-corrected chi connectivity index (χ1v) is 7.87. The van der Waals surface area contributed by atoms with Crippen molar-refractivity contribution < 1.29 is 4.74 Å². The number of fused-ring (bicyclic) bond motifs is 1. The summed E-state index contributed by atoms with van der Waals surface area (Å²) in [5.74, 6) is 0.971. The van der Waals surface area contributed by atoms with Crippen LogP contribution in [0.2, 0.25) is 5.02 Å². The van der Waals surface area contributed by atoms with Gasteiger partial charge in [0.05, 0.1) is 0 Å². The lowest BCUT2D eigenvalue weighted by atomic mass is 10.0. The van der Waals surface area contributed by atoms with E-state index in [0.29, 0.717) is 6.04 Å². The smallest absolute Gasteiger partial charge is 0.123 e. The first kappa shape index (κ1) is 14.4. The van der Waals surface area contributed by atoms with Gasteiger partial charge in [-0.25, -0.2) is 0 Å². The van der Waals surface area contributed by atoms with Gasteiger partial charge >= 0.3 is 0 Å². The molecule has 1 N–H and O–H groups in total. The molecule has 0 aliphatic carbocycles. The molecule has 0 bridgehead atoms. The predicted octanol–water partition coefficient (Wildman–Crippen LogP) is 4.38. The number of hydrogen-bond acceptors (Lipinski definition) is 2. The van der Waals surface area contributed by atoms with Crippen LogP contribution in [0.4, 0.5) is 0 Å². The van der Waals surface area contributed by atoms with E-state index in [4.69, 9.17) is 16.3 Å². The van der Waals surface area contributed by atoms with E-state index in [0.717, 1.165) is 30.2 Å². The maximum Gasteiger partial charge on any atom is 0.123 e. The Hall–Kier alpha value is -1.51. The van der Waals surface area contributed by atoms with Crippen molar-refractivity contribution in [1.82, 2.24) is 5.32 Å². The minimum atomic E-state index is 0.191. The lowest BCUT2D eigenvalue weighted by molar-refractivity contribution is 0.220. The topological polar surface area (TPSA) is 21.3 Å². The molecule has 110 valence electrons. The van der Waals surface area contributed by atoms with E-state index >= 15 is 0 Å². The van der Waals surface area contributed by atoms with Gasteiger partial charge in [-0.15, -0.1) is 0 Å². The van der Waals surface area contributed by atoms with Crippen molar-refractivity contribution in [2.45, 2.75) is 31.9 Å². The van der Waals surface area contributed by atoms with E-state index in [1.165, 1.54) is 11.1 Å². The number of nitrogens with one attached hydrogen (secondary N) is 1. The van der Waals surface area contributed by atoms with Crippen molar-refractivity contribution in [3.8, 4) is 5.75 Å². The molecule has 2 unspecified atom stereocenters. The van der Waals surface area contributed by atoms with Crippen molar-refractivity contribution in [3.63, 3.8) is 0 Å². The van der Waals surface area contributed by atoms with Gasteiger partial charge in [-0.3, -0.25) is 0 Å². The highest BCUT2D eigenvalue weighted by Gasteiger charge is 2.23. The second-order valence-electron chi connectivity index (χ2n) is 5.48. The Kier molecular flexibility index (Phi) is 4.47. The number of halogens is 1. The highest BCUT2D eigenvalue weighted by molar-refractivity contribution is 6.30. The minimum Gasteiger partial charge on any atom is -0.488 e. The molecule has 2 aromatic rings. The van der Waals surface area contributed by atoms with E-state index in [1.54, 1.807) is 0 Å². The van der Waals surface area contributed by atoms with Gasteiger partial charge in [0, 0.05) is 24.0 Å². The van der Waals surface area contributed by atoms with Crippen LogP contribution in [0, 0.1) is 0 Å². The van der Waals surface area contributed by atoms with Crippen molar-refractivity contribution in [2.24, 2.45) is 0 Å². The quantitative estimate of drug-likeness (QED) is 0.884. The summed E-state index contributed by atoms with van der Waals surface area (Å²) < 4.78 is 5.97. The van der Waals surface area contributed by atoms with Crippen LogP contribution in [-0.4, -0.2) is 12.6 Å². The maximum absolute atomic E-state index is 6.03. The Labute approximate surface area is 131 Å². The highest BCUT2D eigenvalue weighted by atomic mass is 35.5. The third-order valence-electron chi connectivity index (χ3n) is 3.97. The van der Waals surface area contributed by atoms with Crippen LogP contribution in [0.5, 0.6) is 5.75 Å². The van der Waals surface area contributed by atoms with Crippen LogP contribution in [-0.2, 0) is 6.42 Å². The Morgan fingerprint density at radius 1 is 1.24 bits per heavy atom. The third-order valence-corrected chi connectivity index (χ3v) is 4.20. The van der Waals surface area contributed by atoms with Gasteiger partial charge in [0.1, 0.15) is 11.9 Å². The second-order valence-corrected chi connectivity index (χ2v) is 5.91. The molecule has 2 aromatic carbocycles. The van der Waals surface area contributed by atoms with Gasteiger partial charge in [0.25, 0.3) is 0 Å². The summed E-state index contributed by atoms with van der Waals surface area (Å²) in [5.41, 5.74) is 2.54. The van der Waals surface area contributed by atoms with Crippen LogP contribution in [0.15, 0.2) is 48.5 Å². The van der Waals surface area contributed by atoms with Crippen molar-refractivity contribution >= 4 is 11.6 Å². The first-order valence-electron chi connectivity index (χ1n) is 7.49. The lowest BCUT2D eigenvalue weighted by Gasteiger charge is -2.20. The molecule has 2 atom stereocenters. The van der Waals surface area contributed by atoms with Gasteiger partial charge < -0.3 is 10.1 Å². The molecule has 0 radical (unpaired) electrons. The molecule has 0 fully saturated rings. The zero-order valence-electron chi connectivity index (χ0n) is 12.2. The molecule has 0 spiro atoms. The Morgan fingerprint density at radius 2 is 2.05 bits per heavy atom. The third kappa shape index (κ3) is 3.39. The van der Waals surface area contributed by atoms with Crippen LogP contribution >= 0.6 is 11.6 Å². The summed E-state index contributed by atoms with van der Waals surface area (Å²) in [4.78, 5) is 0. The normalized spacial score (nSPS) is 18.1. The molecule has 0 saturated carbocycles. The molecule has 0 saturated heterocycles. The fraction of sp³-hybridized carbons (Fsp3) is 0.333. The monoisotopic (exact) mass is 301 g/mol. The largest absolute Gasteiger partial charge is 0.488 e. The van der Waals surface area contributed by atoms with E-state index in [-0.39, 0.29) is 6.10 Å². The first-order chi connectivity index (χ1) is 10.3. The van der Waals surface area contributed by atoms with Gasteiger partial charge in [-0.2, -0.15) is 0 Å². The molecule has 1 aliphatic heterocycles. The number of rotatable bonds is 5. The van der Waals surface area contributed by atoms with E-state index < -0.39 is 0 Å². The van der Waals surface area contributed by atoms with Crippen molar-refractivity contribution in [3.05, 3.63) is 64.7 Å². The van der Waals surface area contributed by atoms with Gasteiger partial charge in [-0.05, 0) is 35.7 Å². The average Bonchev–Trinajstić information content (AvgIpc) is 2.91. The fourth-order valence-corrected chi connectivity index (χ4v) is 3.05. The molecule has 2 nitrogen and oxygen atoms in total. The molecule has 3 heteroatoms. The van der Waals surface area contributed by atoms with E-state index in [1.807, 2.05) is 18.2 Å². The van der Waals surface area contributed by atoms with Crippen LogP contribution in [0.3, 0.4) is 0 Å². The van der Waals surface area contributed by atoms with Crippen molar-refractivity contribution in [2.75, 3.05) is 6.54 Å². The molecule has 0 amide bonds. The number of hydrogen-bond donors (Lipinski definition) is 1. The molecule has 1 aliphatic rings. The SMILES string of the molecule is CCC(NCC1Cc2cc(Cl)ccc2O1)c1ccccc1. The van der Waals surface area contributed by atoms with E-state index in [2.05, 4.69) is 42.6 Å². The second kappa shape index (κ2) is 6.50. The van der Waals surface area contributed by atoms with Gasteiger partial charge in [0.2, 0.25) is 0 Å². The molecule has 1 heterocycles. The zero-order chi connectivity index (χ0) is 14.7. The van der Waals surface area contributed by atoms with Crippen LogP contribution in [0.25, 0.3) is 0 Å². The summed E-state index contributed by atoms with van der Waals surface area (Å²) in [5, 5.41) is 4.40. The average molecular weight is 302 g/mol. The highest BCUT2D eigenvalue weighted by Crippen LogP contribution is 2.31. The van der Waals surface area contributed by atoms with Gasteiger partial charge in [-0.1, -0.05) is 48.9 Å². The standard InChI is InChI=1S/C18H20ClNO/c1-2-17(13-6-4-3-5-7-13)20-12-16-11-14-10-15(19)8-9-18(14)21-16/h3-10,16-17,20H,2,11-12H2,1H3. The summed E-state index contributed by atoms with van der Waals surface area (Å²) in [7, 11) is 0. The lowest BCUT2D eigenvalue weighted by Crippen LogP contribution is -2.32. The van der Waals surface area contributed by atoms with Crippen LogP contribution < -0.4 is 10.1 Å². The minimum absolute atomic E-state index is 0.191. The Bertz CT molecular complexity index is 599.